The van der Waals surface area contributed by atoms with Crippen LogP contribution in [0.25, 0.3) is 0 Å². The SMILES string of the molecule is CCOc1ccc(CCC(=O)N(Cc2ccc(Cl)c(Cl)c2)C(C)C(=O)NC2CCCCC2)cc1OCC. The fraction of sp³-hybridized carbons (Fsp3) is 0.517. The van der Waals surface area contributed by atoms with E-state index in [0.717, 1.165) is 36.8 Å². The van der Waals surface area contributed by atoms with Gasteiger partial charge in [-0.05, 0) is 75.4 Å². The molecule has 3 rings (SSSR count). The molecular weight excluding hydrogens is 511 g/mol. The lowest BCUT2D eigenvalue weighted by Gasteiger charge is -2.31. The number of carbonyl (C=O) groups excluding carboxylic acids is 2. The summed E-state index contributed by atoms with van der Waals surface area (Å²) in [5, 5.41) is 4.03. The summed E-state index contributed by atoms with van der Waals surface area (Å²) < 4.78 is 11.4. The molecule has 0 aromatic heterocycles. The van der Waals surface area contributed by atoms with Gasteiger partial charge in [0.25, 0.3) is 0 Å². The van der Waals surface area contributed by atoms with Gasteiger partial charge in [0.15, 0.2) is 11.5 Å². The first kappa shape index (κ1) is 29.1. The van der Waals surface area contributed by atoms with Crippen molar-refractivity contribution in [3.63, 3.8) is 0 Å². The molecule has 0 saturated heterocycles. The van der Waals surface area contributed by atoms with E-state index >= 15 is 0 Å². The average molecular weight is 550 g/mol. The summed E-state index contributed by atoms with van der Waals surface area (Å²) in [5.74, 6) is 1.13. The molecule has 1 fully saturated rings. The molecule has 0 aliphatic heterocycles. The summed E-state index contributed by atoms with van der Waals surface area (Å²) >= 11 is 12.3. The third kappa shape index (κ3) is 8.54. The molecular formula is C29H38Cl2N2O4. The Morgan fingerprint density at radius 2 is 1.62 bits per heavy atom. The lowest BCUT2D eigenvalue weighted by molar-refractivity contribution is -0.141. The van der Waals surface area contributed by atoms with Gasteiger partial charge in [-0.2, -0.15) is 0 Å². The zero-order chi connectivity index (χ0) is 26.8. The van der Waals surface area contributed by atoms with Crippen LogP contribution in [0.15, 0.2) is 36.4 Å². The van der Waals surface area contributed by atoms with E-state index in [9.17, 15) is 9.59 Å². The van der Waals surface area contributed by atoms with Crippen LogP contribution in [0.3, 0.4) is 0 Å². The minimum atomic E-state index is -0.622. The largest absolute Gasteiger partial charge is 0.490 e. The van der Waals surface area contributed by atoms with Gasteiger partial charge in [0.05, 0.1) is 23.3 Å². The van der Waals surface area contributed by atoms with E-state index in [1.807, 2.05) is 38.1 Å². The van der Waals surface area contributed by atoms with Crippen molar-refractivity contribution in [2.75, 3.05) is 13.2 Å². The van der Waals surface area contributed by atoms with Crippen LogP contribution in [0.4, 0.5) is 0 Å². The minimum Gasteiger partial charge on any atom is -0.490 e. The molecule has 2 amide bonds. The molecule has 1 aliphatic rings. The number of carbonyl (C=O) groups is 2. The van der Waals surface area contributed by atoms with Crippen LogP contribution in [0.2, 0.25) is 10.0 Å². The van der Waals surface area contributed by atoms with Crippen molar-refractivity contribution in [3.05, 3.63) is 57.6 Å². The Bertz CT molecular complexity index is 1060. The van der Waals surface area contributed by atoms with E-state index in [4.69, 9.17) is 32.7 Å². The Balaban J connectivity index is 1.74. The van der Waals surface area contributed by atoms with Gasteiger partial charge in [0, 0.05) is 19.0 Å². The van der Waals surface area contributed by atoms with E-state index in [1.54, 1.807) is 24.0 Å². The van der Waals surface area contributed by atoms with E-state index in [0.29, 0.717) is 41.2 Å². The Morgan fingerprint density at radius 1 is 0.946 bits per heavy atom. The number of aryl methyl sites for hydroxylation is 1. The van der Waals surface area contributed by atoms with Crippen LogP contribution in [0.5, 0.6) is 11.5 Å². The maximum Gasteiger partial charge on any atom is 0.242 e. The number of halogens is 2. The second-order valence-electron chi connectivity index (χ2n) is 9.44. The molecule has 2 aromatic carbocycles. The van der Waals surface area contributed by atoms with Crippen LogP contribution >= 0.6 is 23.2 Å². The van der Waals surface area contributed by atoms with Gasteiger partial charge >= 0.3 is 0 Å². The first-order valence-corrected chi connectivity index (χ1v) is 14.0. The number of hydrogen-bond acceptors (Lipinski definition) is 4. The molecule has 1 saturated carbocycles. The Morgan fingerprint density at radius 3 is 2.30 bits per heavy atom. The predicted octanol–water partition coefficient (Wildman–Crippen LogP) is 6.59. The number of ether oxygens (including phenoxy) is 2. The number of hydrogen-bond donors (Lipinski definition) is 1. The van der Waals surface area contributed by atoms with Gasteiger partial charge in [0.1, 0.15) is 6.04 Å². The zero-order valence-electron chi connectivity index (χ0n) is 22.0. The minimum absolute atomic E-state index is 0.107. The molecule has 1 N–H and O–H groups in total. The molecule has 0 bridgehead atoms. The summed E-state index contributed by atoms with van der Waals surface area (Å²) in [4.78, 5) is 28.3. The standard InChI is InChI=1S/C29H38Cl2N2O4/c1-4-36-26-15-12-21(18-27(26)37-5-2)13-16-28(34)33(19-22-11-14-24(30)25(31)17-22)20(3)29(35)32-23-9-7-6-8-10-23/h11-12,14-15,17-18,20,23H,4-10,13,16,19H2,1-3H3,(H,32,35). The quantitative estimate of drug-likeness (QED) is 0.324. The van der Waals surface area contributed by atoms with Crippen LogP contribution in [0.1, 0.15) is 70.4 Å². The average Bonchev–Trinajstić information content (AvgIpc) is 2.89. The zero-order valence-corrected chi connectivity index (χ0v) is 23.5. The normalized spacial score (nSPS) is 14.6. The number of benzene rings is 2. The third-order valence-corrected chi connectivity index (χ3v) is 7.43. The lowest BCUT2D eigenvalue weighted by atomic mass is 9.95. The highest BCUT2D eigenvalue weighted by Gasteiger charge is 2.28. The highest BCUT2D eigenvalue weighted by atomic mass is 35.5. The maximum atomic E-state index is 13.5. The van der Waals surface area contributed by atoms with Crippen LogP contribution < -0.4 is 14.8 Å². The van der Waals surface area contributed by atoms with Crippen molar-refractivity contribution in [1.29, 1.82) is 0 Å². The van der Waals surface area contributed by atoms with Crippen molar-refractivity contribution in [3.8, 4) is 11.5 Å². The van der Waals surface area contributed by atoms with E-state index in [1.165, 1.54) is 6.42 Å². The van der Waals surface area contributed by atoms with Crippen molar-refractivity contribution < 1.29 is 19.1 Å². The van der Waals surface area contributed by atoms with Crippen LogP contribution in [-0.2, 0) is 22.6 Å². The first-order valence-electron chi connectivity index (χ1n) is 13.2. The van der Waals surface area contributed by atoms with Gasteiger partial charge < -0.3 is 19.7 Å². The molecule has 0 radical (unpaired) electrons. The molecule has 0 spiro atoms. The molecule has 0 heterocycles. The monoisotopic (exact) mass is 548 g/mol. The van der Waals surface area contributed by atoms with Gasteiger partial charge in [-0.1, -0.05) is 54.6 Å². The third-order valence-electron chi connectivity index (χ3n) is 6.69. The topological polar surface area (TPSA) is 67.9 Å². The van der Waals surface area contributed by atoms with Gasteiger partial charge in [-0.15, -0.1) is 0 Å². The number of nitrogens with zero attached hydrogens (tertiary/aromatic N) is 1. The Kier molecular flexibility index (Phi) is 11.4. The second-order valence-corrected chi connectivity index (χ2v) is 10.3. The smallest absolute Gasteiger partial charge is 0.242 e. The molecule has 1 aliphatic carbocycles. The lowest BCUT2D eigenvalue weighted by Crippen LogP contribution is -2.50. The molecule has 6 nitrogen and oxygen atoms in total. The summed E-state index contributed by atoms with van der Waals surface area (Å²) in [6, 6.07) is 10.6. The van der Waals surface area contributed by atoms with Crippen molar-refractivity contribution in [2.45, 2.75) is 84.3 Å². The molecule has 1 atom stereocenters. The van der Waals surface area contributed by atoms with Crippen molar-refractivity contribution in [2.24, 2.45) is 0 Å². The number of rotatable bonds is 12. The van der Waals surface area contributed by atoms with Gasteiger partial charge in [0.2, 0.25) is 11.8 Å². The Hall–Kier alpha value is -2.44. The van der Waals surface area contributed by atoms with E-state index < -0.39 is 6.04 Å². The number of nitrogens with one attached hydrogen (secondary N) is 1. The van der Waals surface area contributed by atoms with Gasteiger partial charge in [-0.3, -0.25) is 9.59 Å². The molecule has 1 unspecified atom stereocenters. The highest BCUT2D eigenvalue weighted by Crippen LogP contribution is 2.29. The summed E-state index contributed by atoms with van der Waals surface area (Å²) in [7, 11) is 0. The molecule has 8 heteroatoms. The van der Waals surface area contributed by atoms with E-state index in [2.05, 4.69) is 5.32 Å². The number of amides is 2. The second kappa shape index (κ2) is 14.5. The summed E-state index contributed by atoms with van der Waals surface area (Å²) in [6.45, 7) is 6.97. The van der Waals surface area contributed by atoms with Gasteiger partial charge in [-0.25, -0.2) is 0 Å². The maximum absolute atomic E-state index is 13.5. The van der Waals surface area contributed by atoms with Crippen LogP contribution in [-0.4, -0.2) is 42.0 Å². The first-order chi connectivity index (χ1) is 17.8. The van der Waals surface area contributed by atoms with Crippen LogP contribution in [0, 0.1) is 0 Å². The molecule has 2 aromatic rings. The van der Waals surface area contributed by atoms with E-state index in [-0.39, 0.29) is 30.8 Å². The summed E-state index contributed by atoms with van der Waals surface area (Å²) in [6.07, 6.45) is 6.19. The highest BCUT2D eigenvalue weighted by molar-refractivity contribution is 6.42. The molecule has 37 heavy (non-hydrogen) atoms. The summed E-state index contributed by atoms with van der Waals surface area (Å²) in [5.41, 5.74) is 1.79. The van der Waals surface area contributed by atoms with Crippen molar-refractivity contribution in [1.82, 2.24) is 10.2 Å². The fourth-order valence-electron chi connectivity index (χ4n) is 4.63. The predicted molar refractivity (Wildman–Crippen MR) is 149 cm³/mol. The van der Waals surface area contributed by atoms with Crippen molar-refractivity contribution >= 4 is 35.0 Å². The molecule has 202 valence electrons. The Labute approximate surface area is 230 Å². The fourth-order valence-corrected chi connectivity index (χ4v) is 4.95.